The Hall–Kier alpha value is -2.29. The van der Waals surface area contributed by atoms with E-state index in [4.69, 9.17) is 10.7 Å². The molecule has 0 saturated carbocycles. The van der Waals surface area contributed by atoms with Gasteiger partial charge in [-0.25, -0.2) is 0 Å². The molecule has 30 heavy (non-hydrogen) atoms. The lowest BCUT2D eigenvalue weighted by atomic mass is 10.1. The maximum absolute atomic E-state index is 11.9. The minimum absolute atomic E-state index is 0.0595. The van der Waals surface area contributed by atoms with Gasteiger partial charge < -0.3 is 9.50 Å². The van der Waals surface area contributed by atoms with Crippen LogP contribution in [0.5, 0.6) is 5.75 Å². The summed E-state index contributed by atoms with van der Waals surface area (Å²) in [6, 6.07) is 6.55. The van der Waals surface area contributed by atoms with Crippen LogP contribution < -0.4 is 14.6 Å². The highest BCUT2D eigenvalue weighted by Crippen LogP contribution is 2.14. The average molecular weight is 440 g/mol. The largest absolute Gasteiger partial charge is 0.380 e. The quantitative estimate of drug-likeness (QED) is 0.162. The first-order valence-corrected chi connectivity index (χ1v) is 12.0. The van der Waals surface area contributed by atoms with Crippen LogP contribution in [0.1, 0.15) is 69.8 Å². The number of nitrogens with one attached hydrogen (secondary N) is 1. The van der Waals surface area contributed by atoms with Crippen molar-refractivity contribution in [1.29, 1.82) is 0 Å². The molecule has 0 aliphatic rings. The third-order valence-electron chi connectivity index (χ3n) is 4.60. The number of azide groups is 1. The molecule has 9 nitrogen and oxygen atoms in total. The second kappa shape index (κ2) is 15.5. The summed E-state index contributed by atoms with van der Waals surface area (Å²) in [6.45, 7) is 1.13. The molecule has 1 aromatic rings. The van der Waals surface area contributed by atoms with Gasteiger partial charge in [-0.2, -0.15) is 13.6 Å². The third kappa shape index (κ3) is 14.7. The predicted molar refractivity (Wildman–Crippen MR) is 117 cm³/mol. The molecule has 1 aromatic carbocycles. The highest BCUT2D eigenvalue weighted by Gasteiger charge is 2.05. The van der Waals surface area contributed by atoms with Crippen molar-refractivity contribution in [3.63, 3.8) is 0 Å². The molecular weight excluding hydrogens is 406 g/mol. The average Bonchev–Trinajstić information content (AvgIpc) is 2.69. The lowest BCUT2D eigenvalue weighted by Gasteiger charge is -2.07. The van der Waals surface area contributed by atoms with Gasteiger partial charge in [-0.05, 0) is 42.5 Å². The van der Waals surface area contributed by atoms with Crippen molar-refractivity contribution in [2.75, 3.05) is 13.1 Å². The van der Waals surface area contributed by atoms with Gasteiger partial charge in [0.25, 0.3) is 0 Å². The lowest BCUT2D eigenvalue weighted by molar-refractivity contribution is -0.121. The van der Waals surface area contributed by atoms with Crippen molar-refractivity contribution < 1.29 is 17.4 Å². The number of rotatable bonds is 17. The molecule has 0 bridgehead atoms. The summed E-state index contributed by atoms with van der Waals surface area (Å²) in [4.78, 5) is 14.6. The van der Waals surface area contributed by atoms with Gasteiger partial charge in [0.05, 0.1) is 0 Å². The van der Waals surface area contributed by atoms with Crippen LogP contribution in [0.2, 0.25) is 0 Å². The second-order valence-corrected chi connectivity index (χ2v) is 8.36. The molecule has 0 aliphatic heterocycles. The molecule has 0 aliphatic carbocycles. The van der Waals surface area contributed by atoms with E-state index >= 15 is 0 Å². The van der Waals surface area contributed by atoms with Gasteiger partial charge in [0.2, 0.25) is 5.91 Å². The number of unbranched alkanes of at least 4 members (excludes halogenated alkanes) is 8. The topological polar surface area (TPSA) is 147 Å². The lowest BCUT2D eigenvalue weighted by Crippen LogP contribution is -2.25. The van der Waals surface area contributed by atoms with Crippen LogP contribution in [0.25, 0.3) is 10.4 Å². The molecular formula is C20H33N5O4S. The van der Waals surface area contributed by atoms with E-state index in [1.165, 1.54) is 37.8 Å². The molecule has 0 saturated heterocycles. The molecule has 0 radical (unpaired) electrons. The predicted octanol–water partition coefficient (Wildman–Crippen LogP) is 4.14. The number of benzene rings is 1. The molecule has 0 unspecified atom stereocenters. The van der Waals surface area contributed by atoms with Crippen LogP contribution in [-0.4, -0.2) is 27.4 Å². The molecule has 3 N–H and O–H groups in total. The highest BCUT2D eigenvalue weighted by atomic mass is 32.2. The van der Waals surface area contributed by atoms with Gasteiger partial charge >= 0.3 is 10.3 Å². The minimum atomic E-state index is -4.01. The maximum Gasteiger partial charge on any atom is 0.380 e. The first-order chi connectivity index (χ1) is 14.4. The number of hydrogen-bond acceptors (Lipinski definition) is 5. The van der Waals surface area contributed by atoms with Crippen molar-refractivity contribution in [2.45, 2.75) is 70.6 Å². The monoisotopic (exact) mass is 439 g/mol. The van der Waals surface area contributed by atoms with E-state index in [1.54, 1.807) is 12.1 Å². The Morgan fingerprint density at radius 1 is 1.00 bits per heavy atom. The number of amides is 1. The Kier molecular flexibility index (Phi) is 13.3. The Morgan fingerprint density at radius 3 is 2.13 bits per heavy atom. The third-order valence-corrected chi connectivity index (χ3v) is 5.02. The summed E-state index contributed by atoms with van der Waals surface area (Å²) in [5.41, 5.74) is 9.15. The summed E-state index contributed by atoms with van der Waals surface area (Å²) < 4.78 is 26.3. The number of nitrogens with two attached hydrogens (primary N) is 1. The van der Waals surface area contributed by atoms with Crippen LogP contribution in [-0.2, 0) is 21.5 Å². The van der Waals surface area contributed by atoms with Crippen LogP contribution in [0.4, 0.5) is 0 Å². The van der Waals surface area contributed by atoms with Crippen molar-refractivity contribution >= 4 is 16.2 Å². The summed E-state index contributed by atoms with van der Waals surface area (Å²) in [5, 5.41) is 11.2. The van der Waals surface area contributed by atoms with Crippen molar-refractivity contribution in [1.82, 2.24) is 5.32 Å². The van der Waals surface area contributed by atoms with E-state index in [2.05, 4.69) is 19.5 Å². The van der Waals surface area contributed by atoms with E-state index in [-0.39, 0.29) is 11.7 Å². The van der Waals surface area contributed by atoms with Crippen molar-refractivity contribution in [3.8, 4) is 5.75 Å². The molecule has 1 rings (SSSR count). The number of nitrogens with zero attached hydrogens (tertiary/aromatic N) is 3. The molecule has 0 aromatic heterocycles. The first kappa shape index (κ1) is 25.7. The van der Waals surface area contributed by atoms with Crippen LogP contribution in [0, 0.1) is 0 Å². The van der Waals surface area contributed by atoms with Crippen molar-refractivity contribution in [2.24, 2.45) is 10.3 Å². The Balaban J connectivity index is 1.98. The Morgan fingerprint density at radius 2 is 1.57 bits per heavy atom. The van der Waals surface area contributed by atoms with E-state index in [0.717, 1.165) is 37.7 Å². The summed E-state index contributed by atoms with van der Waals surface area (Å²) in [7, 11) is -4.01. The van der Waals surface area contributed by atoms with Crippen molar-refractivity contribution in [3.05, 3.63) is 40.3 Å². The zero-order valence-corrected chi connectivity index (χ0v) is 18.3. The fourth-order valence-corrected chi connectivity index (χ4v) is 3.41. The maximum atomic E-state index is 11.9. The number of carbonyl (C=O) groups is 1. The molecule has 0 fully saturated rings. The smallest absolute Gasteiger partial charge is 0.371 e. The van der Waals surface area contributed by atoms with E-state index in [1.807, 2.05) is 0 Å². The van der Waals surface area contributed by atoms with Gasteiger partial charge in [0.15, 0.2) is 0 Å². The Bertz CT molecular complexity index is 762. The highest BCUT2D eigenvalue weighted by molar-refractivity contribution is 7.84. The van der Waals surface area contributed by atoms with Gasteiger partial charge in [-0.3, -0.25) is 4.79 Å². The zero-order valence-electron chi connectivity index (χ0n) is 17.5. The molecule has 1 amide bonds. The SMILES string of the molecule is [N-]=[N+]=NCCCCCCCCCCCC(=O)NCCc1ccc(OS(N)(=O)=O)cc1. The molecule has 0 spiro atoms. The summed E-state index contributed by atoms with van der Waals surface area (Å²) in [5.74, 6) is 0.222. The fraction of sp³-hybridized carbons (Fsp3) is 0.650. The van der Waals surface area contributed by atoms with Gasteiger partial charge in [0, 0.05) is 24.4 Å². The molecule has 10 heteroatoms. The normalized spacial score (nSPS) is 11.0. The number of carbonyl (C=O) groups excluding carboxylic acids is 1. The van der Waals surface area contributed by atoms with Crippen LogP contribution in [0.3, 0.4) is 0 Å². The van der Waals surface area contributed by atoms with E-state index in [9.17, 15) is 13.2 Å². The summed E-state index contributed by atoms with van der Waals surface area (Å²) in [6.07, 6.45) is 11.2. The Labute approximate surface area is 179 Å². The fourth-order valence-electron chi connectivity index (χ4n) is 3.03. The van der Waals surface area contributed by atoms with E-state index < -0.39 is 10.3 Å². The van der Waals surface area contributed by atoms with Gasteiger partial charge in [-0.1, -0.05) is 62.2 Å². The molecule has 0 heterocycles. The van der Waals surface area contributed by atoms with Gasteiger partial charge in [0.1, 0.15) is 5.75 Å². The standard InChI is InChI=1S/C20H33N5O4S/c21-25-24-16-9-7-5-3-1-2-4-6-8-10-20(26)23-17-15-18-11-13-19(14-12-18)29-30(22,27)28/h11-14H,1-10,15-17H2,(H,23,26)(H2,22,27,28). The molecule has 168 valence electrons. The van der Waals surface area contributed by atoms with E-state index in [0.29, 0.717) is 25.9 Å². The second-order valence-electron chi connectivity index (χ2n) is 7.21. The minimum Gasteiger partial charge on any atom is -0.371 e. The molecule has 0 atom stereocenters. The number of hydrogen-bond donors (Lipinski definition) is 2. The van der Waals surface area contributed by atoms with Gasteiger partial charge in [-0.15, -0.1) is 0 Å². The zero-order chi connectivity index (χ0) is 22.1. The summed E-state index contributed by atoms with van der Waals surface area (Å²) >= 11 is 0. The van der Waals surface area contributed by atoms with Crippen LogP contribution >= 0.6 is 0 Å². The first-order valence-electron chi connectivity index (χ1n) is 10.5. The van der Waals surface area contributed by atoms with Crippen LogP contribution in [0.15, 0.2) is 29.4 Å².